The summed E-state index contributed by atoms with van der Waals surface area (Å²) >= 11 is 1.86. The number of rotatable bonds is 4. The smallest absolute Gasteiger partial charge is 0.0222 e. The first-order valence-corrected chi connectivity index (χ1v) is 7.08. The van der Waals surface area contributed by atoms with Gasteiger partial charge >= 0.3 is 0 Å². The molecule has 1 saturated carbocycles. The Balaban J connectivity index is 1.88. The number of thiophene rings is 1. The van der Waals surface area contributed by atoms with Crippen molar-refractivity contribution in [1.29, 1.82) is 0 Å². The topological polar surface area (TPSA) is 12.0 Å². The van der Waals surface area contributed by atoms with Crippen LogP contribution in [0.5, 0.6) is 0 Å². The van der Waals surface area contributed by atoms with Crippen LogP contribution in [0.2, 0.25) is 0 Å². The van der Waals surface area contributed by atoms with Crippen LogP contribution in [0.4, 0.5) is 0 Å². The molecule has 0 aliphatic heterocycles. The molecular weight excluding hydrogens is 226 g/mol. The Hall–Kier alpha value is -1.12. The second-order valence-corrected chi connectivity index (χ2v) is 5.80. The second-order valence-electron chi connectivity index (χ2n) is 4.71. The molecule has 0 atom stereocenters. The van der Waals surface area contributed by atoms with Gasteiger partial charge in [-0.15, -0.1) is 11.3 Å². The van der Waals surface area contributed by atoms with Gasteiger partial charge < -0.3 is 5.32 Å². The SMILES string of the molecule is Cc1scc(CNC2CC2)c1-c1ccccc1. The molecule has 17 heavy (non-hydrogen) atoms. The van der Waals surface area contributed by atoms with Gasteiger partial charge in [-0.2, -0.15) is 0 Å². The van der Waals surface area contributed by atoms with Crippen LogP contribution in [0.15, 0.2) is 35.7 Å². The van der Waals surface area contributed by atoms with Crippen molar-refractivity contribution in [1.82, 2.24) is 5.32 Å². The Bertz CT molecular complexity index is 497. The van der Waals surface area contributed by atoms with E-state index in [0.717, 1.165) is 12.6 Å². The van der Waals surface area contributed by atoms with Crippen LogP contribution < -0.4 is 5.32 Å². The predicted octanol–water partition coefficient (Wildman–Crippen LogP) is 3.98. The highest BCUT2D eigenvalue weighted by atomic mass is 32.1. The van der Waals surface area contributed by atoms with Crippen LogP contribution in [0.25, 0.3) is 11.1 Å². The number of nitrogens with one attached hydrogen (secondary N) is 1. The van der Waals surface area contributed by atoms with Crippen LogP contribution in [-0.4, -0.2) is 6.04 Å². The van der Waals surface area contributed by atoms with Gasteiger partial charge in [-0.05, 0) is 41.8 Å². The summed E-state index contributed by atoms with van der Waals surface area (Å²) < 4.78 is 0. The summed E-state index contributed by atoms with van der Waals surface area (Å²) in [6, 6.07) is 11.5. The van der Waals surface area contributed by atoms with Gasteiger partial charge in [0, 0.05) is 17.5 Å². The Morgan fingerprint density at radius 1 is 1.24 bits per heavy atom. The molecule has 1 aliphatic rings. The third kappa shape index (κ3) is 2.43. The molecule has 1 N–H and O–H groups in total. The standard InChI is InChI=1S/C15H17NS/c1-11-15(12-5-3-2-4-6-12)13(10-17-11)9-16-14-7-8-14/h2-6,10,14,16H,7-9H2,1H3. The van der Waals surface area contributed by atoms with Crippen LogP contribution in [0.3, 0.4) is 0 Å². The summed E-state index contributed by atoms with van der Waals surface area (Å²) in [4.78, 5) is 1.42. The molecule has 0 spiro atoms. The summed E-state index contributed by atoms with van der Waals surface area (Å²) in [6.45, 7) is 3.23. The number of hydrogen-bond donors (Lipinski definition) is 1. The maximum atomic E-state index is 3.60. The lowest BCUT2D eigenvalue weighted by atomic mass is 10.0. The lowest BCUT2D eigenvalue weighted by Gasteiger charge is -2.07. The van der Waals surface area contributed by atoms with Crippen molar-refractivity contribution in [3.8, 4) is 11.1 Å². The largest absolute Gasteiger partial charge is 0.310 e. The summed E-state index contributed by atoms with van der Waals surface area (Å²) in [6.07, 6.45) is 2.70. The lowest BCUT2D eigenvalue weighted by Crippen LogP contribution is -2.15. The van der Waals surface area contributed by atoms with Crippen molar-refractivity contribution in [2.24, 2.45) is 0 Å². The minimum absolute atomic E-state index is 0.777. The van der Waals surface area contributed by atoms with E-state index < -0.39 is 0 Å². The molecule has 1 aromatic carbocycles. The van der Waals surface area contributed by atoms with Crippen molar-refractivity contribution in [3.63, 3.8) is 0 Å². The fraction of sp³-hybridized carbons (Fsp3) is 0.333. The van der Waals surface area contributed by atoms with Crippen molar-refractivity contribution >= 4 is 11.3 Å². The normalized spacial score (nSPS) is 15.1. The molecule has 2 heteroatoms. The van der Waals surface area contributed by atoms with Gasteiger partial charge in [-0.25, -0.2) is 0 Å². The van der Waals surface area contributed by atoms with Crippen LogP contribution in [0.1, 0.15) is 23.3 Å². The van der Waals surface area contributed by atoms with Gasteiger partial charge in [0.15, 0.2) is 0 Å². The highest BCUT2D eigenvalue weighted by Gasteiger charge is 2.21. The van der Waals surface area contributed by atoms with Crippen LogP contribution in [-0.2, 0) is 6.54 Å². The average molecular weight is 243 g/mol. The Labute approximate surface area is 106 Å². The quantitative estimate of drug-likeness (QED) is 0.856. The zero-order valence-corrected chi connectivity index (χ0v) is 10.9. The monoisotopic (exact) mass is 243 g/mol. The van der Waals surface area contributed by atoms with Gasteiger partial charge in [0.2, 0.25) is 0 Å². The number of benzene rings is 1. The highest BCUT2D eigenvalue weighted by Crippen LogP contribution is 2.32. The predicted molar refractivity (Wildman–Crippen MR) is 74.4 cm³/mol. The van der Waals surface area contributed by atoms with Crippen molar-refractivity contribution in [2.75, 3.05) is 0 Å². The molecule has 1 nitrogen and oxygen atoms in total. The number of aryl methyl sites for hydroxylation is 1. The summed E-state index contributed by atoms with van der Waals surface area (Å²) in [5.74, 6) is 0. The fourth-order valence-electron chi connectivity index (χ4n) is 2.17. The molecule has 0 radical (unpaired) electrons. The van der Waals surface area contributed by atoms with E-state index in [2.05, 4.69) is 48.0 Å². The zero-order chi connectivity index (χ0) is 11.7. The van der Waals surface area contributed by atoms with Crippen LogP contribution >= 0.6 is 11.3 Å². The molecule has 1 fully saturated rings. The summed E-state index contributed by atoms with van der Waals surface area (Å²) in [7, 11) is 0. The third-order valence-corrected chi connectivity index (χ3v) is 4.23. The molecule has 1 aromatic heterocycles. The third-order valence-electron chi connectivity index (χ3n) is 3.27. The molecule has 1 aliphatic carbocycles. The molecule has 0 amide bonds. The highest BCUT2D eigenvalue weighted by molar-refractivity contribution is 7.10. The van der Waals surface area contributed by atoms with E-state index >= 15 is 0 Å². The molecular formula is C15H17NS. The minimum Gasteiger partial charge on any atom is -0.310 e. The zero-order valence-electron chi connectivity index (χ0n) is 10.1. The molecule has 3 rings (SSSR count). The maximum absolute atomic E-state index is 3.60. The minimum atomic E-state index is 0.777. The Morgan fingerprint density at radius 3 is 2.71 bits per heavy atom. The van der Waals surface area contributed by atoms with E-state index in [0.29, 0.717) is 0 Å². The van der Waals surface area contributed by atoms with Gasteiger partial charge in [-0.3, -0.25) is 0 Å². The molecule has 0 bridgehead atoms. The lowest BCUT2D eigenvalue weighted by molar-refractivity contribution is 0.690. The van der Waals surface area contributed by atoms with Gasteiger partial charge in [-0.1, -0.05) is 30.3 Å². The van der Waals surface area contributed by atoms with Crippen molar-refractivity contribution < 1.29 is 0 Å². The van der Waals surface area contributed by atoms with E-state index in [1.807, 2.05) is 11.3 Å². The molecule has 1 heterocycles. The van der Waals surface area contributed by atoms with E-state index in [1.54, 1.807) is 0 Å². The van der Waals surface area contributed by atoms with E-state index in [-0.39, 0.29) is 0 Å². The molecule has 88 valence electrons. The molecule has 0 saturated heterocycles. The first-order valence-electron chi connectivity index (χ1n) is 6.20. The second kappa shape index (κ2) is 4.63. The molecule has 2 aromatic rings. The van der Waals surface area contributed by atoms with Crippen molar-refractivity contribution in [3.05, 3.63) is 46.2 Å². The van der Waals surface area contributed by atoms with Gasteiger partial charge in [0.1, 0.15) is 0 Å². The molecule has 0 unspecified atom stereocenters. The Kier molecular flexibility index (Phi) is 3.00. The van der Waals surface area contributed by atoms with Gasteiger partial charge in [0.25, 0.3) is 0 Å². The average Bonchev–Trinajstić information content (AvgIpc) is 3.11. The summed E-state index contributed by atoms with van der Waals surface area (Å²) in [5, 5.41) is 5.90. The van der Waals surface area contributed by atoms with Gasteiger partial charge in [0.05, 0.1) is 0 Å². The number of hydrogen-bond acceptors (Lipinski definition) is 2. The van der Waals surface area contributed by atoms with Crippen LogP contribution in [0, 0.1) is 6.92 Å². The Morgan fingerprint density at radius 2 is 2.00 bits per heavy atom. The summed E-state index contributed by atoms with van der Waals surface area (Å²) in [5.41, 5.74) is 4.23. The van der Waals surface area contributed by atoms with E-state index in [1.165, 1.54) is 34.4 Å². The van der Waals surface area contributed by atoms with E-state index in [4.69, 9.17) is 0 Å². The van der Waals surface area contributed by atoms with E-state index in [9.17, 15) is 0 Å². The maximum Gasteiger partial charge on any atom is 0.0222 e. The fourth-order valence-corrected chi connectivity index (χ4v) is 3.06. The first-order chi connectivity index (χ1) is 8.34. The van der Waals surface area contributed by atoms with Crippen molar-refractivity contribution in [2.45, 2.75) is 32.4 Å². The first kappa shape index (κ1) is 11.0.